The van der Waals surface area contributed by atoms with E-state index in [0.29, 0.717) is 0 Å². The Morgan fingerprint density at radius 2 is 1.68 bits per heavy atom. The lowest BCUT2D eigenvalue weighted by Crippen LogP contribution is -2.37. The molecule has 0 bridgehead atoms. The molecule has 0 amide bonds. The predicted molar refractivity (Wildman–Crippen MR) is 113 cm³/mol. The number of hydrogen-bond donors (Lipinski definition) is 0. The maximum Gasteiger partial charge on any atom is 0.162 e. The Morgan fingerprint density at radius 3 is 2.50 bits per heavy atom. The van der Waals surface area contributed by atoms with Gasteiger partial charge in [-0.2, -0.15) is 0 Å². The maximum atomic E-state index is 6.09. The number of rotatable bonds is 2. The Bertz CT molecular complexity index is 997. The molecule has 0 saturated carbocycles. The topological polar surface area (TPSA) is 38.2 Å². The van der Waals surface area contributed by atoms with Crippen molar-refractivity contribution in [1.29, 1.82) is 0 Å². The van der Waals surface area contributed by atoms with Crippen molar-refractivity contribution in [2.45, 2.75) is 19.3 Å². The van der Waals surface area contributed by atoms with Crippen LogP contribution in [0.1, 0.15) is 17.5 Å². The minimum atomic E-state index is 0.720. The van der Waals surface area contributed by atoms with Crippen molar-refractivity contribution in [1.82, 2.24) is 9.97 Å². The van der Waals surface area contributed by atoms with Crippen molar-refractivity contribution in [3.8, 4) is 22.6 Å². The second-order valence-corrected chi connectivity index (χ2v) is 7.75. The fraction of sp³-hybridized carbons (Fsp3) is 0.304. The molecule has 4 nitrogen and oxygen atoms in total. The second-order valence-electron chi connectivity index (χ2n) is 7.31. The lowest BCUT2D eigenvalue weighted by atomic mass is 10.0. The van der Waals surface area contributed by atoms with Gasteiger partial charge in [-0.15, -0.1) is 0 Å². The van der Waals surface area contributed by atoms with E-state index >= 15 is 0 Å². The summed E-state index contributed by atoms with van der Waals surface area (Å²) in [5.74, 6) is 1.82. The Hall–Kier alpha value is -2.43. The number of nitrogens with zero attached hydrogens (tertiary/aromatic N) is 3. The molecular formula is C23H22ClN3O. The highest BCUT2D eigenvalue weighted by Gasteiger charge is 2.25. The lowest BCUT2D eigenvalue weighted by molar-refractivity contribution is 0.122. The summed E-state index contributed by atoms with van der Waals surface area (Å²) in [6, 6.07) is 16.4. The van der Waals surface area contributed by atoms with Crippen LogP contribution in [0.15, 0.2) is 48.5 Å². The van der Waals surface area contributed by atoms with Gasteiger partial charge < -0.3 is 9.64 Å². The van der Waals surface area contributed by atoms with Crippen molar-refractivity contribution < 1.29 is 4.74 Å². The zero-order valence-electron chi connectivity index (χ0n) is 15.7. The van der Waals surface area contributed by atoms with Gasteiger partial charge in [0.15, 0.2) is 5.82 Å². The quantitative estimate of drug-likeness (QED) is 0.629. The number of morpholine rings is 1. The highest BCUT2D eigenvalue weighted by molar-refractivity contribution is 6.30. The number of halogens is 1. The van der Waals surface area contributed by atoms with E-state index in [9.17, 15) is 0 Å². The van der Waals surface area contributed by atoms with Gasteiger partial charge in [0.05, 0.1) is 18.9 Å². The zero-order valence-corrected chi connectivity index (χ0v) is 16.5. The fourth-order valence-electron chi connectivity index (χ4n) is 4.11. The fourth-order valence-corrected chi connectivity index (χ4v) is 4.24. The van der Waals surface area contributed by atoms with Crippen LogP contribution < -0.4 is 4.90 Å². The first-order chi connectivity index (χ1) is 13.8. The minimum absolute atomic E-state index is 0.720. The highest BCUT2D eigenvalue weighted by Crippen LogP contribution is 2.37. The Balaban J connectivity index is 1.73. The molecule has 1 aliphatic carbocycles. The first-order valence-electron chi connectivity index (χ1n) is 9.87. The molecule has 0 N–H and O–H groups in total. The molecule has 0 unspecified atom stereocenters. The molecule has 1 fully saturated rings. The second kappa shape index (κ2) is 7.53. The third kappa shape index (κ3) is 3.27. The van der Waals surface area contributed by atoms with Gasteiger partial charge in [-0.05, 0) is 49.1 Å². The third-order valence-electron chi connectivity index (χ3n) is 5.54. The molecule has 5 heteroatoms. The molecule has 0 atom stereocenters. The van der Waals surface area contributed by atoms with Gasteiger partial charge in [0, 0.05) is 34.8 Å². The number of hydrogen-bond acceptors (Lipinski definition) is 4. The van der Waals surface area contributed by atoms with E-state index in [-0.39, 0.29) is 0 Å². The van der Waals surface area contributed by atoms with E-state index in [4.69, 9.17) is 26.3 Å². The van der Waals surface area contributed by atoms with Crippen LogP contribution in [0.25, 0.3) is 22.6 Å². The Kier molecular flexibility index (Phi) is 4.75. The van der Waals surface area contributed by atoms with E-state index in [1.165, 1.54) is 16.7 Å². The normalized spacial score (nSPS) is 16.2. The zero-order chi connectivity index (χ0) is 18.9. The van der Waals surface area contributed by atoms with Gasteiger partial charge >= 0.3 is 0 Å². The largest absolute Gasteiger partial charge is 0.378 e. The van der Waals surface area contributed by atoms with Gasteiger partial charge in [0.2, 0.25) is 0 Å². The number of aromatic nitrogens is 2. The van der Waals surface area contributed by atoms with Crippen LogP contribution in [0.4, 0.5) is 5.82 Å². The van der Waals surface area contributed by atoms with Gasteiger partial charge in [-0.3, -0.25) is 0 Å². The van der Waals surface area contributed by atoms with Gasteiger partial charge in [0.1, 0.15) is 5.82 Å². The van der Waals surface area contributed by atoms with Crippen molar-refractivity contribution in [2.24, 2.45) is 0 Å². The number of fused-ring (bicyclic) bond motifs is 3. The molecule has 2 aliphatic rings. The first kappa shape index (κ1) is 17.7. The Labute approximate surface area is 170 Å². The van der Waals surface area contributed by atoms with Crippen molar-refractivity contribution in [2.75, 3.05) is 31.2 Å². The van der Waals surface area contributed by atoms with E-state index in [2.05, 4.69) is 29.2 Å². The average Bonchev–Trinajstić information content (AvgIpc) is 2.94. The summed E-state index contributed by atoms with van der Waals surface area (Å²) in [6.07, 6.45) is 3.19. The molecule has 5 rings (SSSR count). The summed E-state index contributed by atoms with van der Waals surface area (Å²) in [5.41, 5.74) is 5.94. The smallest absolute Gasteiger partial charge is 0.162 e. The van der Waals surface area contributed by atoms with Gasteiger partial charge in [0.25, 0.3) is 0 Å². The SMILES string of the molecule is Clc1ccc(-c2nc3c(c(N4CCOCC4)n2)CCCc2ccccc2-3)cc1. The molecule has 28 heavy (non-hydrogen) atoms. The van der Waals surface area contributed by atoms with E-state index < -0.39 is 0 Å². The molecule has 2 aromatic carbocycles. The van der Waals surface area contributed by atoms with Crippen LogP contribution in [0.3, 0.4) is 0 Å². The number of benzene rings is 2. The summed E-state index contributed by atoms with van der Waals surface area (Å²) in [6.45, 7) is 3.22. The first-order valence-corrected chi connectivity index (χ1v) is 10.3. The van der Waals surface area contributed by atoms with Crippen LogP contribution in [0.5, 0.6) is 0 Å². The van der Waals surface area contributed by atoms with Crippen LogP contribution in [-0.4, -0.2) is 36.3 Å². The summed E-state index contributed by atoms with van der Waals surface area (Å²) >= 11 is 6.09. The minimum Gasteiger partial charge on any atom is -0.378 e. The molecule has 0 spiro atoms. The maximum absolute atomic E-state index is 6.09. The van der Waals surface area contributed by atoms with Crippen molar-refractivity contribution in [3.05, 3.63) is 64.7 Å². The van der Waals surface area contributed by atoms with Crippen molar-refractivity contribution in [3.63, 3.8) is 0 Å². The van der Waals surface area contributed by atoms with E-state index in [1.54, 1.807) is 0 Å². The summed E-state index contributed by atoms with van der Waals surface area (Å²) in [7, 11) is 0. The lowest BCUT2D eigenvalue weighted by Gasteiger charge is -2.30. The number of anilines is 1. The third-order valence-corrected chi connectivity index (χ3v) is 5.80. The summed E-state index contributed by atoms with van der Waals surface area (Å²) < 4.78 is 5.57. The highest BCUT2D eigenvalue weighted by atomic mass is 35.5. The van der Waals surface area contributed by atoms with E-state index in [0.717, 1.165) is 73.5 Å². The number of ether oxygens (including phenoxy) is 1. The van der Waals surface area contributed by atoms with Crippen LogP contribution >= 0.6 is 11.6 Å². The van der Waals surface area contributed by atoms with Gasteiger partial charge in [-0.1, -0.05) is 35.9 Å². The molecule has 3 aromatic rings. The molecule has 142 valence electrons. The molecule has 2 heterocycles. The summed E-state index contributed by atoms with van der Waals surface area (Å²) in [4.78, 5) is 12.5. The molecule has 1 aromatic heterocycles. The predicted octanol–water partition coefficient (Wildman–Crippen LogP) is 4.79. The van der Waals surface area contributed by atoms with Crippen LogP contribution in [0.2, 0.25) is 5.02 Å². The number of aryl methyl sites for hydroxylation is 1. The van der Waals surface area contributed by atoms with Crippen molar-refractivity contribution >= 4 is 17.4 Å². The molecule has 1 saturated heterocycles. The summed E-state index contributed by atoms with van der Waals surface area (Å²) in [5, 5.41) is 0.720. The average molecular weight is 392 g/mol. The Morgan fingerprint density at radius 1 is 0.893 bits per heavy atom. The molecular weight excluding hydrogens is 370 g/mol. The molecule has 1 aliphatic heterocycles. The van der Waals surface area contributed by atoms with Gasteiger partial charge in [-0.25, -0.2) is 9.97 Å². The monoisotopic (exact) mass is 391 g/mol. The molecule has 0 radical (unpaired) electrons. The standard InChI is InChI=1S/C23H22ClN3O/c24-18-10-8-17(9-11-18)22-25-21-19-6-2-1-4-16(19)5-3-7-20(21)23(26-22)27-12-14-28-15-13-27/h1-2,4,6,8-11H,3,5,7,12-15H2. The van der Waals surface area contributed by atoms with E-state index in [1.807, 2.05) is 24.3 Å². The van der Waals surface area contributed by atoms with Crippen LogP contribution in [-0.2, 0) is 17.6 Å². The van der Waals surface area contributed by atoms with Crippen LogP contribution in [0, 0.1) is 0 Å².